The molecule has 1 N–H and O–H groups in total. The summed E-state index contributed by atoms with van der Waals surface area (Å²) >= 11 is 0. The first kappa shape index (κ1) is 13.7. The number of benzene rings is 2. The van der Waals surface area contributed by atoms with Gasteiger partial charge in [-0.15, -0.1) is 0 Å². The SMILES string of the molecule is Cc1cccc(C(O)Cc2c(F)cccc2F)c1C. The van der Waals surface area contributed by atoms with Gasteiger partial charge < -0.3 is 5.11 Å². The summed E-state index contributed by atoms with van der Waals surface area (Å²) in [5, 5.41) is 10.2. The second kappa shape index (κ2) is 5.49. The van der Waals surface area contributed by atoms with Gasteiger partial charge in [-0.3, -0.25) is 0 Å². The summed E-state index contributed by atoms with van der Waals surface area (Å²) in [7, 11) is 0. The molecule has 1 unspecified atom stereocenters. The molecule has 0 spiro atoms. The first-order chi connectivity index (χ1) is 9.00. The van der Waals surface area contributed by atoms with Gasteiger partial charge in [-0.2, -0.15) is 0 Å². The molecule has 2 rings (SSSR count). The van der Waals surface area contributed by atoms with Crippen molar-refractivity contribution in [1.29, 1.82) is 0 Å². The fourth-order valence-electron chi connectivity index (χ4n) is 2.17. The van der Waals surface area contributed by atoms with E-state index in [0.717, 1.165) is 11.1 Å². The first-order valence-corrected chi connectivity index (χ1v) is 6.17. The Morgan fingerprint density at radius 1 is 1.00 bits per heavy atom. The third-order valence-corrected chi connectivity index (χ3v) is 3.46. The summed E-state index contributed by atoms with van der Waals surface area (Å²) in [6.07, 6.45) is -0.978. The average molecular weight is 262 g/mol. The van der Waals surface area contributed by atoms with E-state index in [0.29, 0.717) is 5.56 Å². The van der Waals surface area contributed by atoms with Crippen LogP contribution in [0.3, 0.4) is 0 Å². The summed E-state index contributed by atoms with van der Waals surface area (Å²) in [5.74, 6) is -1.24. The Morgan fingerprint density at radius 2 is 1.58 bits per heavy atom. The molecule has 1 nitrogen and oxygen atoms in total. The number of hydrogen-bond acceptors (Lipinski definition) is 1. The van der Waals surface area contributed by atoms with Crippen molar-refractivity contribution >= 4 is 0 Å². The van der Waals surface area contributed by atoms with Crippen LogP contribution >= 0.6 is 0 Å². The largest absolute Gasteiger partial charge is 0.388 e. The van der Waals surface area contributed by atoms with E-state index in [1.807, 2.05) is 26.0 Å². The van der Waals surface area contributed by atoms with Crippen molar-refractivity contribution in [3.63, 3.8) is 0 Å². The molecule has 0 saturated heterocycles. The summed E-state index contributed by atoms with van der Waals surface area (Å²) in [6, 6.07) is 9.28. The predicted molar refractivity (Wildman–Crippen MR) is 70.9 cm³/mol. The highest BCUT2D eigenvalue weighted by Gasteiger charge is 2.17. The molecular weight excluding hydrogens is 246 g/mol. The molecule has 0 fully saturated rings. The Morgan fingerprint density at radius 3 is 2.21 bits per heavy atom. The van der Waals surface area contributed by atoms with Gasteiger partial charge >= 0.3 is 0 Å². The molecule has 0 aliphatic heterocycles. The lowest BCUT2D eigenvalue weighted by Crippen LogP contribution is -2.07. The van der Waals surface area contributed by atoms with E-state index < -0.39 is 17.7 Å². The van der Waals surface area contributed by atoms with Crippen LogP contribution in [0.2, 0.25) is 0 Å². The molecule has 0 aliphatic rings. The highest BCUT2D eigenvalue weighted by molar-refractivity contribution is 5.35. The molecule has 0 amide bonds. The van der Waals surface area contributed by atoms with Crippen LogP contribution in [0.5, 0.6) is 0 Å². The van der Waals surface area contributed by atoms with Crippen LogP contribution in [0.25, 0.3) is 0 Å². The smallest absolute Gasteiger partial charge is 0.129 e. The van der Waals surface area contributed by atoms with Crippen molar-refractivity contribution in [3.8, 4) is 0 Å². The van der Waals surface area contributed by atoms with Gasteiger partial charge in [0.2, 0.25) is 0 Å². The topological polar surface area (TPSA) is 20.2 Å². The summed E-state index contributed by atoms with van der Waals surface area (Å²) in [5.41, 5.74) is 2.64. The molecule has 19 heavy (non-hydrogen) atoms. The van der Waals surface area contributed by atoms with Gasteiger partial charge in [-0.1, -0.05) is 24.3 Å². The van der Waals surface area contributed by atoms with Crippen molar-refractivity contribution in [1.82, 2.24) is 0 Å². The lowest BCUT2D eigenvalue weighted by Gasteiger charge is -2.16. The third kappa shape index (κ3) is 2.82. The highest BCUT2D eigenvalue weighted by Crippen LogP contribution is 2.25. The molecule has 0 saturated carbocycles. The molecule has 2 aromatic rings. The second-order valence-electron chi connectivity index (χ2n) is 4.71. The van der Waals surface area contributed by atoms with Crippen molar-refractivity contribution < 1.29 is 13.9 Å². The molecule has 0 bridgehead atoms. The Hall–Kier alpha value is -1.74. The minimum Gasteiger partial charge on any atom is -0.388 e. The third-order valence-electron chi connectivity index (χ3n) is 3.46. The molecule has 0 aliphatic carbocycles. The maximum absolute atomic E-state index is 13.6. The van der Waals surface area contributed by atoms with Gasteiger partial charge in [0.05, 0.1) is 6.10 Å². The molecule has 0 radical (unpaired) electrons. The monoisotopic (exact) mass is 262 g/mol. The summed E-state index contributed by atoms with van der Waals surface area (Å²) in [6.45, 7) is 3.83. The molecule has 2 aromatic carbocycles. The van der Waals surface area contributed by atoms with E-state index in [1.165, 1.54) is 18.2 Å². The van der Waals surface area contributed by atoms with Gasteiger partial charge in [0.1, 0.15) is 11.6 Å². The lowest BCUT2D eigenvalue weighted by atomic mass is 9.95. The second-order valence-corrected chi connectivity index (χ2v) is 4.71. The zero-order valence-electron chi connectivity index (χ0n) is 11.0. The van der Waals surface area contributed by atoms with Crippen molar-refractivity contribution in [2.75, 3.05) is 0 Å². The normalized spacial score (nSPS) is 12.5. The van der Waals surface area contributed by atoms with Crippen LogP contribution in [0.4, 0.5) is 8.78 Å². The average Bonchev–Trinajstić information content (AvgIpc) is 2.37. The summed E-state index contributed by atoms with van der Waals surface area (Å²) in [4.78, 5) is 0. The van der Waals surface area contributed by atoms with Crippen LogP contribution in [-0.4, -0.2) is 5.11 Å². The van der Waals surface area contributed by atoms with E-state index in [2.05, 4.69) is 0 Å². The van der Waals surface area contributed by atoms with E-state index >= 15 is 0 Å². The van der Waals surface area contributed by atoms with Crippen LogP contribution in [0, 0.1) is 25.5 Å². The first-order valence-electron chi connectivity index (χ1n) is 6.17. The zero-order chi connectivity index (χ0) is 14.0. The molecule has 0 aromatic heterocycles. The zero-order valence-corrected chi connectivity index (χ0v) is 11.0. The maximum atomic E-state index is 13.6. The molecule has 0 heterocycles. The fraction of sp³-hybridized carbons (Fsp3) is 0.250. The Balaban J connectivity index is 2.31. The molecule has 3 heteroatoms. The minimum atomic E-state index is -0.911. The van der Waals surface area contributed by atoms with E-state index in [-0.39, 0.29) is 12.0 Å². The van der Waals surface area contributed by atoms with Crippen LogP contribution in [0.15, 0.2) is 36.4 Å². The standard InChI is InChI=1S/C16H16F2O/c1-10-5-3-6-12(11(10)2)16(19)9-13-14(17)7-4-8-15(13)18/h3-8,16,19H,9H2,1-2H3. The van der Waals surface area contributed by atoms with Crippen LogP contribution in [-0.2, 0) is 6.42 Å². The number of aryl methyl sites for hydroxylation is 1. The Bertz CT molecular complexity index is 573. The van der Waals surface area contributed by atoms with Gasteiger partial charge in [0.25, 0.3) is 0 Å². The van der Waals surface area contributed by atoms with Gasteiger partial charge in [-0.25, -0.2) is 8.78 Å². The molecule has 1 atom stereocenters. The van der Waals surface area contributed by atoms with Crippen molar-refractivity contribution in [2.24, 2.45) is 0 Å². The predicted octanol–water partition coefficient (Wildman–Crippen LogP) is 3.86. The molecular formula is C16H16F2O. The van der Waals surface area contributed by atoms with Gasteiger partial charge in [0.15, 0.2) is 0 Å². The number of halogens is 2. The van der Waals surface area contributed by atoms with Crippen molar-refractivity contribution in [2.45, 2.75) is 26.4 Å². The van der Waals surface area contributed by atoms with E-state index in [9.17, 15) is 13.9 Å². The van der Waals surface area contributed by atoms with E-state index in [1.54, 1.807) is 6.07 Å². The number of aliphatic hydroxyl groups is 1. The lowest BCUT2D eigenvalue weighted by molar-refractivity contribution is 0.175. The Labute approximate surface area is 111 Å². The number of rotatable bonds is 3. The van der Waals surface area contributed by atoms with Gasteiger partial charge in [0, 0.05) is 12.0 Å². The van der Waals surface area contributed by atoms with Crippen molar-refractivity contribution in [3.05, 3.63) is 70.3 Å². The Kier molecular flexibility index (Phi) is 3.96. The fourth-order valence-corrected chi connectivity index (χ4v) is 2.17. The van der Waals surface area contributed by atoms with Crippen LogP contribution in [0.1, 0.15) is 28.4 Å². The number of hydrogen-bond donors (Lipinski definition) is 1. The summed E-state index contributed by atoms with van der Waals surface area (Å²) < 4.78 is 27.1. The van der Waals surface area contributed by atoms with Crippen LogP contribution < -0.4 is 0 Å². The molecule has 100 valence electrons. The quantitative estimate of drug-likeness (QED) is 0.890. The minimum absolute atomic E-state index is 0.0667. The number of aliphatic hydroxyl groups excluding tert-OH is 1. The highest BCUT2D eigenvalue weighted by atomic mass is 19.1. The maximum Gasteiger partial charge on any atom is 0.129 e. The van der Waals surface area contributed by atoms with Gasteiger partial charge in [-0.05, 0) is 42.7 Å². The van der Waals surface area contributed by atoms with E-state index in [4.69, 9.17) is 0 Å².